The first-order valence-corrected chi connectivity index (χ1v) is 11.0. The number of hydrogen-bond acceptors (Lipinski definition) is 4. The third-order valence-electron chi connectivity index (χ3n) is 4.50. The molecule has 0 aliphatic rings. The summed E-state index contributed by atoms with van der Waals surface area (Å²) in [5.41, 5.74) is 6.73. The van der Waals surface area contributed by atoms with Gasteiger partial charge in [-0.05, 0) is 42.7 Å². The summed E-state index contributed by atoms with van der Waals surface area (Å²) in [5, 5.41) is 2.42. The van der Waals surface area contributed by atoms with Crippen molar-refractivity contribution in [2.75, 3.05) is 0 Å². The number of benzene rings is 2. The number of rotatable bonds is 9. The molecule has 0 unspecified atom stereocenters. The molecule has 0 saturated carbocycles. The maximum Gasteiger partial charge on any atom is 0.262 e. The topological polar surface area (TPSA) is 78.0 Å². The van der Waals surface area contributed by atoms with Gasteiger partial charge in [0.1, 0.15) is 0 Å². The van der Waals surface area contributed by atoms with Crippen LogP contribution in [0, 0.1) is 0 Å². The van der Waals surface area contributed by atoms with Crippen LogP contribution in [0.4, 0.5) is 0 Å². The van der Waals surface area contributed by atoms with Crippen LogP contribution in [0.1, 0.15) is 31.2 Å². The van der Waals surface area contributed by atoms with Crippen LogP contribution in [-0.2, 0) is 17.1 Å². The van der Waals surface area contributed by atoms with Gasteiger partial charge in [-0.3, -0.25) is 14.2 Å². The van der Waals surface area contributed by atoms with Crippen molar-refractivity contribution in [3.05, 3.63) is 68.4 Å². The molecule has 0 aliphatic heterocycles. The molecule has 3 aromatic rings. The SMILES string of the molecule is NC(=O)CCCCCn1c(SCc2ccc(Cl)cc2Cl)nc2ccccc2c1=O. The van der Waals surface area contributed by atoms with Crippen molar-refractivity contribution in [2.45, 2.75) is 43.1 Å². The van der Waals surface area contributed by atoms with E-state index in [1.807, 2.05) is 24.3 Å². The number of primary amides is 1. The fourth-order valence-electron chi connectivity index (χ4n) is 2.98. The molecule has 1 aromatic heterocycles. The number of nitrogens with two attached hydrogens (primary N) is 1. The lowest BCUT2D eigenvalue weighted by molar-refractivity contribution is -0.118. The van der Waals surface area contributed by atoms with Crippen molar-refractivity contribution in [1.82, 2.24) is 9.55 Å². The summed E-state index contributed by atoms with van der Waals surface area (Å²) in [6.07, 6.45) is 2.66. The summed E-state index contributed by atoms with van der Waals surface area (Å²) in [6, 6.07) is 12.7. The second kappa shape index (κ2) is 10.1. The third kappa shape index (κ3) is 5.75. The number of thioether (sulfide) groups is 1. The molecular formula is C21H21Cl2N3O2S. The van der Waals surface area contributed by atoms with E-state index in [-0.39, 0.29) is 11.5 Å². The molecular weight excluding hydrogens is 429 g/mol. The van der Waals surface area contributed by atoms with E-state index in [0.29, 0.717) is 51.2 Å². The third-order valence-corrected chi connectivity index (χ3v) is 6.12. The number of nitrogens with zero attached hydrogens (tertiary/aromatic N) is 2. The highest BCUT2D eigenvalue weighted by atomic mass is 35.5. The second-order valence-corrected chi connectivity index (χ2v) is 8.46. The van der Waals surface area contributed by atoms with Gasteiger partial charge in [0.05, 0.1) is 10.9 Å². The molecule has 29 heavy (non-hydrogen) atoms. The van der Waals surface area contributed by atoms with Crippen molar-refractivity contribution in [3.63, 3.8) is 0 Å². The summed E-state index contributed by atoms with van der Waals surface area (Å²) >= 11 is 13.7. The Labute approximate surface area is 183 Å². The van der Waals surface area contributed by atoms with Gasteiger partial charge in [-0.25, -0.2) is 4.98 Å². The van der Waals surface area contributed by atoms with E-state index >= 15 is 0 Å². The molecule has 0 atom stereocenters. The number of halogens is 2. The number of para-hydroxylation sites is 1. The zero-order chi connectivity index (χ0) is 20.8. The van der Waals surface area contributed by atoms with Gasteiger partial charge in [0.25, 0.3) is 5.56 Å². The Morgan fingerprint density at radius 1 is 1.10 bits per heavy atom. The standard InChI is InChI=1S/C21H21Cl2N3O2S/c22-15-10-9-14(17(23)12-15)13-29-21-25-18-7-4-3-6-16(18)20(28)26(21)11-5-1-2-8-19(24)27/h3-4,6-7,9-10,12H,1-2,5,8,11,13H2,(H2,24,27). The highest BCUT2D eigenvalue weighted by Gasteiger charge is 2.12. The van der Waals surface area contributed by atoms with Gasteiger partial charge in [0.15, 0.2) is 5.16 Å². The summed E-state index contributed by atoms with van der Waals surface area (Å²) in [7, 11) is 0. The lowest BCUT2D eigenvalue weighted by atomic mass is 10.2. The minimum atomic E-state index is -0.300. The van der Waals surface area contributed by atoms with E-state index in [2.05, 4.69) is 0 Å². The predicted octanol–water partition coefficient (Wildman–Crippen LogP) is 5.04. The number of aromatic nitrogens is 2. The zero-order valence-corrected chi connectivity index (χ0v) is 18.1. The summed E-state index contributed by atoms with van der Waals surface area (Å²) in [6.45, 7) is 0.534. The van der Waals surface area contributed by atoms with Crippen molar-refractivity contribution in [1.29, 1.82) is 0 Å². The highest BCUT2D eigenvalue weighted by Crippen LogP contribution is 2.28. The molecule has 1 heterocycles. The van der Waals surface area contributed by atoms with Crippen LogP contribution in [0.3, 0.4) is 0 Å². The average Bonchev–Trinajstić information content (AvgIpc) is 2.68. The van der Waals surface area contributed by atoms with Crippen LogP contribution >= 0.6 is 35.0 Å². The fourth-order valence-corrected chi connectivity index (χ4v) is 4.57. The highest BCUT2D eigenvalue weighted by molar-refractivity contribution is 7.98. The average molecular weight is 450 g/mol. The van der Waals surface area contributed by atoms with Crippen molar-refractivity contribution < 1.29 is 4.79 Å². The minimum Gasteiger partial charge on any atom is -0.370 e. The van der Waals surface area contributed by atoms with E-state index in [0.717, 1.165) is 18.4 Å². The first kappa shape index (κ1) is 21.7. The van der Waals surface area contributed by atoms with Crippen LogP contribution in [0.5, 0.6) is 0 Å². The number of hydrogen-bond donors (Lipinski definition) is 1. The predicted molar refractivity (Wildman–Crippen MR) is 120 cm³/mol. The van der Waals surface area contributed by atoms with Crippen LogP contribution in [-0.4, -0.2) is 15.5 Å². The number of amides is 1. The second-order valence-electron chi connectivity index (χ2n) is 6.67. The van der Waals surface area contributed by atoms with Gasteiger partial charge < -0.3 is 5.73 Å². The van der Waals surface area contributed by atoms with Gasteiger partial charge in [0, 0.05) is 28.8 Å². The molecule has 8 heteroatoms. The molecule has 0 fully saturated rings. The lowest BCUT2D eigenvalue weighted by Crippen LogP contribution is -2.23. The molecule has 0 spiro atoms. The molecule has 0 saturated heterocycles. The number of carbonyl (C=O) groups is 1. The monoisotopic (exact) mass is 449 g/mol. The Morgan fingerprint density at radius 2 is 1.90 bits per heavy atom. The van der Waals surface area contributed by atoms with Gasteiger partial charge >= 0.3 is 0 Å². The molecule has 0 radical (unpaired) electrons. The van der Waals surface area contributed by atoms with E-state index in [1.54, 1.807) is 22.8 Å². The van der Waals surface area contributed by atoms with E-state index in [1.165, 1.54) is 11.8 Å². The van der Waals surface area contributed by atoms with Crippen LogP contribution < -0.4 is 11.3 Å². The summed E-state index contributed by atoms with van der Waals surface area (Å²) in [4.78, 5) is 28.6. The molecule has 3 rings (SSSR count). The Balaban J connectivity index is 1.83. The quantitative estimate of drug-likeness (QED) is 0.281. The smallest absolute Gasteiger partial charge is 0.262 e. The Kier molecular flexibility index (Phi) is 7.58. The molecule has 152 valence electrons. The van der Waals surface area contributed by atoms with E-state index in [9.17, 15) is 9.59 Å². The van der Waals surface area contributed by atoms with Gasteiger partial charge in [-0.2, -0.15) is 0 Å². The van der Waals surface area contributed by atoms with E-state index in [4.69, 9.17) is 33.9 Å². The van der Waals surface area contributed by atoms with Crippen LogP contribution in [0.2, 0.25) is 10.0 Å². The van der Waals surface area contributed by atoms with Gasteiger partial charge in [-0.1, -0.05) is 59.6 Å². The first-order chi connectivity index (χ1) is 14.0. The van der Waals surface area contributed by atoms with Crippen molar-refractivity contribution in [3.8, 4) is 0 Å². The first-order valence-electron chi connectivity index (χ1n) is 9.30. The molecule has 0 bridgehead atoms. The number of unbranched alkanes of at least 4 members (excludes halogenated alkanes) is 2. The Bertz CT molecular complexity index is 1090. The number of carbonyl (C=O) groups excluding carboxylic acids is 1. The van der Waals surface area contributed by atoms with E-state index < -0.39 is 0 Å². The lowest BCUT2D eigenvalue weighted by Gasteiger charge is -2.13. The maximum atomic E-state index is 13.0. The maximum absolute atomic E-state index is 13.0. The fraction of sp³-hybridized carbons (Fsp3) is 0.286. The minimum absolute atomic E-state index is 0.0600. The van der Waals surface area contributed by atoms with Crippen LogP contribution in [0.15, 0.2) is 52.4 Å². The molecule has 0 aliphatic carbocycles. The molecule has 5 nitrogen and oxygen atoms in total. The largest absolute Gasteiger partial charge is 0.370 e. The summed E-state index contributed by atoms with van der Waals surface area (Å²) < 4.78 is 1.71. The normalized spacial score (nSPS) is 11.1. The molecule has 2 N–H and O–H groups in total. The molecule has 2 aromatic carbocycles. The van der Waals surface area contributed by atoms with Crippen molar-refractivity contribution >= 4 is 51.8 Å². The van der Waals surface area contributed by atoms with Gasteiger partial charge in [-0.15, -0.1) is 0 Å². The summed E-state index contributed by atoms with van der Waals surface area (Å²) in [5.74, 6) is 0.272. The zero-order valence-electron chi connectivity index (χ0n) is 15.7. The molecule has 1 amide bonds. The Hall–Kier alpha value is -2.02. The van der Waals surface area contributed by atoms with Crippen LogP contribution in [0.25, 0.3) is 10.9 Å². The van der Waals surface area contributed by atoms with Crippen molar-refractivity contribution in [2.24, 2.45) is 5.73 Å². The Morgan fingerprint density at radius 3 is 2.66 bits per heavy atom. The van der Waals surface area contributed by atoms with Gasteiger partial charge in [0.2, 0.25) is 5.91 Å². The number of fused-ring (bicyclic) bond motifs is 1.